The number of allylic oxidation sites excluding steroid dienone is 4. The lowest BCUT2D eigenvalue weighted by molar-refractivity contribution is 0.474. The largest absolute Gasteiger partial charge is 0.309 e. The van der Waals surface area contributed by atoms with Gasteiger partial charge in [-0.2, -0.15) is 0 Å². The Bertz CT molecular complexity index is 2540. The van der Waals surface area contributed by atoms with E-state index in [0.29, 0.717) is 5.92 Å². The number of pyridine rings is 1. The summed E-state index contributed by atoms with van der Waals surface area (Å²) < 4.78 is 2.43. The fraction of sp³-hybridized carbons (Fsp3) is 0.163. The van der Waals surface area contributed by atoms with Gasteiger partial charge in [-0.05, 0) is 92.2 Å². The van der Waals surface area contributed by atoms with E-state index in [0.717, 1.165) is 12.0 Å². The fourth-order valence-corrected chi connectivity index (χ4v) is 9.08. The SMILES string of the molecule is CC(C)(C)C1=Cc2ccc3c4c2C(C=CC4C(c2ccc(-c4cccnc4)cc2)C=C3c2cccc(-n3c4ccccc4c4ccccc43)c2)C1. The molecule has 3 aliphatic carbocycles. The first kappa shape index (κ1) is 30.1. The molecule has 0 amide bonds. The maximum atomic E-state index is 4.37. The molecule has 2 aromatic heterocycles. The average Bonchev–Trinajstić information content (AvgIpc) is 3.51. The van der Waals surface area contributed by atoms with Crippen LogP contribution >= 0.6 is 0 Å². The highest BCUT2D eigenvalue weighted by molar-refractivity contribution is 6.09. The van der Waals surface area contributed by atoms with Gasteiger partial charge in [0.05, 0.1) is 11.0 Å². The smallest absolute Gasteiger partial charge is 0.0541 e. The molecule has 0 saturated heterocycles. The first-order valence-electron chi connectivity index (χ1n) is 18.3. The Kier molecular flexibility index (Phi) is 6.73. The molecular weight excluding hydrogens is 617 g/mol. The number of hydrogen-bond acceptors (Lipinski definition) is 1. The first-order chi connectivity index (χ1) is 24.9. The molecule has 3 atom stereocenters. The van der Waals surface area contributed by atoms with Crippen LogP contribution < -0.4 is 0 Å². The van der Waals surface area contributed by atoms with E-state index in [1.807, 2.05) is 18.5 Å². The predicted molar refractivity (Wildman–Crippen MR) is 213 cm³/mol. The number of nitrogens with zero attached hydrogens (tertiary/aromatic N) is 2. The molecule has 0 bridgehead atoms. The van der Waals surface area contributed by atoms with Gasteiger partial charge in [0.1, 0.15) is 0 Å². The Hall–Kier alpha value is -5.73. The minimum Gasteiger partial charge on any atom is -0.309 e. The molecule has 2 nitrogen and oxygen atoms in total. The summed E-state index contributed by atoms with van der Waals surface area (Å²) in [6, 6.07) is 45.0. The van der Waals surface area contributed by atoms with Gasteiger partial charge in [0.2, 0.25) is 0 Å². The van der Waals surface area contributed by atoms with E-state index in [-0.39, 0.29) is 17.3 Å². The summed E-state index contributed by atoms with van der Waals surface area (Å²) in [6.07, 6.45) is 15.0. The van der Waals surface area contributed by atoms with E-state index in [4.69, 9.17) is 0 Å². The molecule has 246 valence electrons. The van der Waals surface area contributed by atoms with E-state index in [2.05, 4.69) is 170 Å². The van der Waals surface area contributed by atoms with Gasteiger partial charge in [0, 0.05) is 46.6 Å². The molecule has 0 saturated carbocycles. The number of fused-ring (bicyclic) bond motifs is 3. The van der Waals surface area contributed by atoms with Gasteiger partial charge in [0.25, 0.3) is 0 Å². The maximum absolute atomic E-state index is 4.37. The lowest BCUT2D eigenvalue weighted by atomic mass is 9.63. The third kappa shape index (κ3) is 4.81. The quantitative estimate of drug-likeness (QED) is 0.172. The normalized spacial score (nSPS) is 19.2. The van der Waals surface area contributed by atoms with Crippen LogP contribution in [-0.2, 0) is 0 Å². The summed E-state index contributed by atoms with van der Waals surface area (Å²) in [6.45, 7) is 7.06. The van der Waals surface area contributed by atoms with Crippen LogP contribution in [0.2, 0.25) is 0 Å². The van der Waals surface area contributed by atoms with Crippen molar-refractivity contribution in [3.8, 4) is 16.8 Å². The Labute approximate surface area is 300 Å². The van der Waals surface area contributed by atoms with Gasteiger partial charge in [0.15, 0.2) is 0 Å². The average molecular weight is 657 g/mol. The van der Waals surface area contributed by atoms with Gasteiger partial charge in [-0.25, -0.2) is 0 Å². The van der Waals surface area contributed by atoms with Gasteiger partial charge in [-0.15, -0.1) is 0 Å². The topological polar surface area (TPSA) is 17.8 Å². The minimum absolute atomic E-state index is 0.148. The van der Waals surface area contributed by atoms with Gasteiger partial charge < -0.3 is 4.57 Å². The molecule has 7 aromatic rings. The third-order valence-corrected chi connectivity index (χ3v) is 11.6. The van der Waals surface area contributed by atoms with Crippen molar-refractivity contribution in [2.75, 3.05) is 0 Å². The van der Waals surface area contributed by atoms with E-state index in [1.54, 1.807) is 0 Å². The van der Waals surface area contributed by atoms with Crippen molar-refractivity contribution in [2.45, 2.75) is 44.9 Å². The molecule has 5 aromatic carbocycles. The Morgan fingerprint density at radius 1 is 0.647 bits per heavy atom. The second-order valence-corrected chi connectivity index (χ2v) is 15.6. The van der Waals surface area contributed by atoms with Gasteiger partial charge >= 0.3 is 0 Å². The van der Waals surface area contributed by atoms with Crippen LogP contribution in [0.4, 0.5) is 0 Å². The summed E-state index contributed by atoms with van der Waals surface area (Å²) >= 11 is 0. The molecular formula is C49H40N2. The minimum atomic E-state index is 0.148. The third-order valence-electron chi connectivity index (χ3n) is 11.6. The highest BCUT2D eigenvalue weighted by Gasteiger charge is 2.39. The second kappa shape index (κ2) is 11.4. The fourth-order valence-electron chi connectivity index (χ4n) is 9.08. The second-order valence-electron chi connectivity index (χ2n) is 15.6. The standard InChI is InChI=1S/C49H40N2/c1-49(2,3)37-26-34-21-23-41-43(32-19-17-31(18-20-32)36-11-9-25-50-30-36)29-44(42-24-22-35(27-37)47(34)48(41)42)33-10-8-12-38(28-33)51-45-15-6-4-13-39(45)40-14-5-7-16-46(40)51/h4-25,27-30,34,41,43H,26H2,1-3H3. The zero-order valence-electron chi connectivity index (χ0n) is 29.3. The van der Waals surface area contributed by atoms with E-state index >= 15 is 0 Å². The molecule has 0 fully saturated rings. The number of rotatable bonds is 4. The number of para-hydroxylation sites is 2. The lowest BCUT2D eigenvalue weighted by Gasteiger charge is -2.41. The summed E-state index contributed by atoms with van der Waals surface area (Å²) in [5.41, 5.74) is 17.4. The van der Waals surface area contributed by atoms with Crippen molar-refractivity contribution in [1.29, 1.82) is 0 Å². The number of hydrogen-bond donors (Lipinski definition) is 0. The van der Waals surface area contributed by atoms with Crippen molar-refractivity contribution in [1.82, 2.24) is 9.55 Å². The van der Waals surface area contributed by atoms with Crippen LogP contribution in [0.25, 0.3) is 50.3 Å². The van der Waals surface area contributed by atoms with Crippen LogP contribution in [0.3, 0.4) is 0 Å². The first-order valence-corrected chi connectivity index (χ1v) is 18.3. The number of benzene rings is 5. The lowest BCUT2D eigenvalue weighted by Crippen LogP contribution is -2.25. The van der Waals surface area contributed by atoms with Crippen LogP contribution in [0.1, 0.15) is 78.3 Å². The molecule has 3 aliphatic rings. The van der Waals surface area contributed by atoms with E-state index in [9.17, 15) is 0 Å². The van der Waals surface area contributed by atoms with E-state index in [1.165, 1.54) is 77.6 Å². The maximum Gasteiger partial charge on any atom is 0.0541 e. The molecule has 3 unspecified atom stereocenters. The van der Waals surface area contributed by atoms with Gasteiger partial charge in [-0.1, -0.05) is 142 Å². The van der Waals surface area contributed by atoms with Crippen molar-refractivity contribution < 1.29 is 0 Å². The van der Waals surface area contributed by atoms with Crippen molar-refractivity contribution in [3.63, 3.8) is 0 Å². The molecule has 2 heteroatoms. The van der Waals surface area contributed by atoms with E-state index < -0.39 is 0 Å². The summed E-state index contributed by atoms with van der Waals surface area (Å²) in [4.78, 5) is 4.37. The molecule has 10 rings (SSSR count). The number of aromatic nitrogens is 2. The molecule has 0 N–H and O–H groups in total. The van der Waals surface area contributed by atoms with Crippen LogP contribution in [0, 0.1) is 5.41 Å². The Balaban J connectivity index is 1.17. The Morgan fingerprint density at radius 3 is 2.12 bits per heavy atom. The van der Waals surface area contributed by atoms with Gasteiger partial charge in [-0.3, -0.25) is 4.98 Å². The van der Waals surface area contributed by atoms with Crippen molar-refractivity contribution in [2.24, 2.45) is 5.41 Å². The summed E-state index contributed by atoms with van der Waals surface area (Å²) in [5, 5.41) is 2.57. The monoisotopic (exact) mass is 656 g/mol. The summed E-state index contributed by atoms with van der Waals surface area (Å²) in [7, 11) is 0. The van der Waals surface area contributed by atoms with Crippen LogP contribution in [-0.4, -0.2) is 9.55 Å². The molecule has 0 spiro atoms. The zero-order valence-corrected chi connectivity index (χ0v) is 29.3. The van der Waals surface area contributed by atoms with Crippen molar-refractivity contribution >= 4 is 33.5 Å². The van der Waals surface area contributed by atoms with Crippen LogP contribution in [0.5, 0.6) is 0 Å². The van der Waals surface area contributed by atoms with Crippen molar-refractivity contribution in [3.05, 3.63) is 191 Å². The molecule has 2 heterocycles. The summed E-state index contributed by atoms with van der Waals surface area (Å²) in [5.74, 6) is 0.899. The Morgan fingerprint density at radius 2 is 1.39 bits per heavy atom. The highest BCUT2D eigenvalue weighted by atomic mass is 15.0. The molecule has 51 heavy (non-hydrogen) atoms. The van der Waals surface area contributed by atoms with Crippen LogP contribution in [0.15, 0.2) is 158 Å². The predicted octanol–water partition coefficient (Wildman–Crippen LogP) is 12.6. The molecule has 0 radical (unpaired) electrons. The zero-order chi connectivity index (χ0) is 34.3. The highest BCUT2D eigenvalue weighted by Crippen LogP contribution is 2.55. The molecule has 0 aliphatic heterocycles.